The zero-order valence-electron chi connectivity index (χ0n) is 14.6. The Labute approximate surface area is 152 Å². The van der Waals surface area contributed by atoms with E-state index in [0.29, 0.717) is 18.0 Å². The van der Waals surface area contributed by atoms with Crippen LogP contribution in [-0.2, 0) is 9.53 Å². The molecule has 0 radical (unpaired) electrons. The van der Waals surface area contributed by atoms with E-state index in [1.54, 1.807) is 30.3 Å². The number of hydrogen-bond donors (Lipinski definition) is 2. The van der Waals surface area contributed by atoms with Crippen molar-refractivity contribution in [3.05, 3.63) is 72.8 Å². The Morgan fingerprint density at radius 3 is 2.62 bits per heavy atom. The minimum atomic E-state index is -0.496. The van der Waals surface area contributed by atoms with Crippen LogP contribution in [0.5, 0.6) is 5.75 Å². The molecule has 6 nitrogen and oxygen atoms in total. The van der Waals surface area contributed by atoms with Gasteiger partial charge in [0.05, 0.1) is 19.6 Å². The molecule has 0 aliphatic heterocycles. The lowest BCUT2D eigenvalue weighted by atomic mass is 10.0. The normalized spacial score (nSPS) is 11.1. The number of hydrogen-bond acceptors (Lipinski definition) is 4. The van der Waals surface area contributed by atoms with Gasteiger partial charge in [0, 0.05) is 11.8 Å². The minimum Gasteiger partial charge on any atom is -0.489 e. The fraction of sp³-hybridized carbons (Fsp3) is 0.200. The molecule has 2 aromatic rings. The molecule has 0 saturated carbocycles. The van der Waals surface area contributed by atoms with E-state index in [-0.39, 0.29) is 6.42 Å². The number of esters is 1. The van der Waals surface area contributed by atoms with Crippen molar-refractivity contribution in [2.45, 2.75) is 12.5 Å². The van der Waals surface area contributed by atoms with E-state index in [4.69, 9.17) is 9.47 Å². The summed E-state index contributed by atoms with van der Waals surface area (Å²) in [4.78, 5) is 24.0. The third-order valence-electron chi connectivity index (χ3n) is 3.57. The average Bonchev–Trinajstić information content (AvgIpc) is 2.66. The quantitative estimate of drug-likeness (QED) is 0.560. The lowest BCUT2D eigenvalue weighted by Gasteiger charge is -2.18. The second kappa shape index (κ2) is 9.88. The Morgan fingerprint density at radius 2 is 1.92 bits per heavy atom. The highest BCUT2D eigenvalue weighted by Crippen LogP contribution is 2.19. The predicted octanol–water partition coefficient (Wildman–Crippen LogP) is 3.68. The molecule has 2 aromatic carbocycles. The highest BCUT2D eigenvalue weighted by molar-refractivity contribution is 5.90. The van der Waals surface area contributed by atoms with E-state index in [2.05, 4.69) is 17.2 Å². The fourth-order valence-electron chi connectivity index (χ4n) is 2.33. The summed E-state index contributed by atoms with van der Waals surface area (Å²) >= 11 is 0. The first kappa shape index (κ1) is 19.1. The van der Waals surface area contributed by atoms with Crippen LogP contribution in [0.15, 0.2) is 67.3 Å². The maximum absolute atomic E-state index is 12.4. The number of carbonyl (C=O) groups is 2. The first-order valence-corrected chi connectivity index (χ1v) is 8.15. The van der Waals surface area contributed by atoms with Crippen LogP contribution in [-0.4, -0.2) is 25.7 Å². The molecule has 0 heterocycles. The summed E-state index contributed by atoms with van der Waals surface area (Å²) in [6, 6.07) is 15.3. The van der Waals surface area contributed by atoms with Crippen molar-refractivity contribution in [2.24, 2.45) is 0 Å². The second-order valence-electron chi connectivity index (χ2n) is 5.47. The van der Waals surface area contributed by atoms with Crippen molar-refractivity contribution in [1.29, 1.82) is 0 Å². The van der Waals surface area contributed by atoms with Gasteiger partial charge in [-0.25, -0.2) is 4.79 Å². The molecule has 26 heavy (non-hydrogen) atoms. The minimum absolute atomic E-state index is 0.0381. The number of benzene rings is 2. The summed E-state index contributed by atoms with van der Waals surface area (Å²) in [6.07, 6.45) is 1.68. The van der Waals surface area contributed by atoms with E-state index in [1.165, 1.54) is 7.11 Å². The van der Waals surface area contributed by atoms with E-state index >= 15 is 0 Å². The maximum Gasteiger partial charge on any atom is 0.319 e. The third-order valence-corrected chi connectivity index (χ3v) is 3.57. The van der Waals surface area contributed by atoms with Crippen molar-refractivity contribution in [2.75, 3.05) is 19.0 Å². The van der Waals surface area contributed by atoms with Gasteiger partial charge in [0.1, 0.15) is 12.4 Å². The molecule has 2 N–H and O–H groups in total. The summed E-state index contributed by atoms with van der Waals surface area (Å²) in [5.74, 6) is 0.218. The van der Waals surface area contributed by atoms with Crippen molar-refractivity contribution in [3.8, 4) is 5.75 Å². The van der Waals surface area contributed by atoms with Gasteiger partial charge in [-0.2, -0.15) is 0 Å². The fourth-order valence-corrected chi connectivity index (χ4v) is 2.33. The van der Waals surface area contributed by atoms with E-state index in [1.807, 2.05) is 30.3 Å². The Bertz CT molecular complexity index is 746. The largest absolute Gasteiger partial charge is 0.489 e. The van der Waals surface area contributed by atoms with Gasteiger partial charge in [0.2, 0.25) is 0 Å². The molecule has 6 heteroatoms. The molecule has 2 amide bonds. The number of ether oxygens (including phenoxy) is 2. The Hall–Kier alpha value is -3.28. The number of anilines is 1. The van der Waals surface area contributed by atoms with Gasteiger partial charge in [0.15, 0.2) is 0 Å². The number of urea groups is 1. The molecule has 0 bridgehead atoms. The molecule has 0 aliphatic rings. The highest BCUT2D eigenvalue weighted by atomic mass is 16.5. The van der Waals surface area contributed by atoms with Crippen LogP contribution >= 0.6 is 0 Å². The lowest BCUT2D eigenvalue weighted by molar-refractivity contribution is -0.141. The first-order valence-electron chi connectivity index (χ1n) is 8.15. The van der Waals surface area contributed by atoms with Crippen molar-refractivity contribution >= 4 is 17.7 Å². The first-order chi connectivity index (χ1) is 12.6. The van der Waals surface area contributed by atoms with Crippen LogP contribution in [0, 0.1) is 0 Å². The number of nitrogens with one attached hydrogen (secondary N) is 2. The second-order valence-corrected chi connectivity index (χ2v) is 5.47. The van der Waals surface area contributed by atoms with Crippen LogP contribution in [0.1, 0.15) is 18.0 Å². The van der Waals surface area contributed by atoms with Crippen LogP contribution in [0.4, 0.5) is 10.5 Å². The average molecular weight is 354 g/mol. The zero-order chi connectivity index (χ0) is 18.8. The molecule has 136 valence electrons. The number of carbonyl (C=O) groups excluding carboxylic acids is 2. The van der Waals surface area contributed by atoms with Crippen LogP contribution in [0.2, 0.25) is 0 Å². The summed E-state index contributed by atoms with van der Waals surface area (Å²) in [6.45, 7) is 3.98. The molecule has 0 aliphatic carbocycles. The summed E-state index contributed by atoms with van der Waals surface area (Å²) in [5, 5.41) is 5.54. The molecule has 0 spiro atoms. The summed E-state index contributed by atoms with van der Waals surface area (Å²) in [5.41, 5.74) is 1.39. The van der Waals surface area contributed by atoms with Gasteiger partial charge in [0.25, 0.3) is 0 Å². The van der Waals surface area contributed by atoms with Crippen molar-refractivity contribution in [3.63, 3.8) is 0 Å². The van der Waals surface area contributed by atoms with Gasteiger partial charge in [-0.05, 0) is 17.7 Å². The molecule has 2 rings (SSSR count). The number of amides is 2. The van der Waals surface area contributed by atoms with Crippen LogP contribution in [0.3, 0.4) is 0 Å². The predicted molar refractivity (Wildman–Crippen MR) is 100 cm³/mol. The summed E-state index contributed by atoms with van der Waals surface area (Å²) in [7, 11) is 1.32. The summed E-state index contributed by atoms with van der Waals surface area (Å²) < 4.78 is 10.2. The van der Waals surface area contributed by atoms with Crippen LogP contribution in [0.25, 0.3) is 0 Å². The smallest absolute Gasteiger partial charge is 0.319 e. The highest BCUT2D eigenvalue weighted by Gasteiger charge is 2.18. The van der Waals surface area contributed by atoms with E-state index in [9.17, 15) is 9.59 Å². The van der Waals surface area contributed by atoms with E-state index in [0.717, 1.165) is 5.56 Å². The van der Waals surface area contributed by atoms with Crippen molar-refractivity contribution < 1.29 is 19.1 Å². The Kier molecular flexibility index (Phi) is 7.24. The van der Waals surface area contributed by atoms with Gasteiger partial charge in [-0.1, -0.05) is 49.1 Å². The molecule has 1 atom stereocenters. The molecule has 1 unspecified atom stereocenters. The van der Waals surface area contributed by atoms with Gasteiger partial charge >= 0.3 is 12.0 Å². The maximum atomic E-state index is 12.4. The molecular weight excluding hydrogens is 332 g/mol. The zero-order valence-corrected chi connectivity index (χ0v) is 14.6. The topological polar surface area (TPSA) is 76.7 Å². The third kappa shape index (κ3) is 5.98. The number of rotatable bonds is 8. The van der Waals surface area contributed by atoms with Gasteiger partial charge < -0.3 is 20.1 Å². The lowest BCUT2D eigenvalue weighted by Crippen LogP contribution is -2.34. The molecular formula is C20H22N2O4. The SMILES string of the molecule is C=CCOc1cccc(NC(=O)NC(CC(=O)OC)c2ccccc2)c1. The molecule has 0 saturated heterocycles. The Morgan fingerprint density at radius 1 is 1.15 bits per heavy atom. The standard InChI is InChI=1S/C20H22N2O4/c1-3-12-26-17-11-7-10-16(13-17)21-20(24)22-18(14-19(23)25-2)15-8-5-4-6-9-15/h3-11,13,18H,1,12,14H2,2H3,(H2,21,22,24). The Balaban J connectivity index is 2.04. The monoisotopic (exact) mass is 354 g/mol. The van der Waals surface area contributed by atoms with Gasteiger partial charge in [-0.3, -0.25) is 4.79 Å². The van der Waals surface area contributed by atoms with Crippen molar-refractivity contribution in [1.82, 2.24) is 5.32 Å². The number of methoxy groups -OCH3 is 1. The molecule has 0 aromatic heterocycles. The van der Waals surface area contributed by atoms with Crippen LogP contribution < -0.4 is 15.4 Å². The van der Waals surface area contributed by atoms with Gasteiger partial charge in [-0.15, -0.1) is 0 Å². The molecule has 0 fully saturated rings. The van der Waals surface area contributed by atoms with E-state index < -0.39 is 18.0 Å².